The molecule has 0 fully saturated rings. The fourth-order valence-corrected chi connectivity index (χ4v) is 2.52. The van der Waals surface area contributed by atoms with Crippen LogP contribution in [0.5, 0.6) is 10.9 Å². The van der Waals surface area contributed by atoms with Crippen LogP contribution in [0, 0.1) is 0 Å². The van der Waals surface area contributed by atoms with E-state index in [-0.39, 0.29) is 6.10 Å². The van der Waals surface area contributed by atoms with Crippen molar-refractivity contribution in [2.45, 2.75) is 20.0 Å². The summed E-state index contributed by atoms with van der Waals surface area (Å²) in [6.45, 7) is 3.87. The van der Waals surface area contributed by atoms with Gasteiger partial charge < -0.3 is 9.47 Å². The Morgan fingerprint density at radius 1 is 1.41 bits per heavy atom. The molecule has 4 nitrogen and oxygen atoms in total. The number of hydrogen-bond acceptors (Lipinski definition) is 5. The van der Waals surface area contributed by atoms with Gasteiger partial charge in [-0.2, -0.15) is 4.98 Å². The Labute approximate surface area is 103 Å². The highest BCUT2D eigenvalue weighted by Crippen LogP contribution is 2.35. The van der Waals surface area contributed by atoms with Crippen molar-refractivity contribution in [1.82, 2.24) is 4.98 Å². The first-order chi connectivity index (χ1) is 8.15. The molecule has 0 unspecified atom stereocenters. The summed E-state index contributed by atoms with van der Waals surface area (Å²) in [6.07, 6.45) is 0.875. The number of nitrogens with zero attached hydrogens (tertiary/aromatic N) is 1. The predicted molar refractivity (Wildman–Crippen MR) is 67.3 cm³/mol. The topological polar surface area (TPSA) is 48.4 Å². The standard InChI is InChI=1S/C12H13NO3S/c1-7(2)16-12-13-10-9(15-3)5-4-8(6-14)11(10)17-12/h4-7H,1-3H3. The number of aromatic nitrogens is 1. The summed E-state index contributed by atoms with van der Waals surface area (Å²) in [5.41, 5.74) is 1.29. The number of fused-ring (bicyclic) bond motifs is 1. The van der Waals surface area contributed by atoms with Crippen LogP contribution >= 0.6 is 11.3 Å². The Hall–Kier alpha value is -1.62. The zero-order valence-corrected chi connectivity index (χ0v) is 10.7. The molecule has 0 saturated heterocycles. The highest BCUT2D eigenvalue weighted by Gasteiger charge is 2.14. The van der Waals surface area contributed by atoms with Crippen molar-refractivity contribution in [3.05, 3.63) is 17.7 Å². The van der Waals surface area contributed by atoms with Gasteiger partial charge in [-0.15, -0.1) is 0 Å². The summed E-state index contributed by atoms with van der Waals surface area (Å²) >= 11 is 1.36. The fraction of sp³-hybridized carbons (Fsp3) is 0.333. The van der Waals surface area contributed by atoms with Gasteiger partial charge in [-0.05, 0) is 26.0 Å². The number of carbonyl (C=O) groups excluding carboxylic acids is 1. The van der Waals surface area contributed by atoms with E-state index in [4.69, 9.17) is 9.47 Å². The Morgan fingerprint density at radius 2 is 2.18 bits per heavy atom. The molecule has 0 N–H and O–H groups in total. The van der Waals surface area contributed by atoms with E-state index in [1.54, 1.807) is 19.2 Å². The highest BCUT2D eigenvalue weighted by molar-refractivity contribution is 7.20. The van der Waals surface area contributed by atoms with Gasteiger partial charge in [0.25, 0.3) is 5.19 Å². The van der Waals surface area contributed by atoms with Gasteiger partial charge in [-0.25, -0.2) is 0 Å². The lowest BCUT2D eigenvalue weighted by Crippen LogP contribution is -2.04. The first kappa shape index (κ1) is 11.9. The van der Waals surface area contributed by atoms with Crippen LogP contribution in [0.25, 0.3) is 10.2 Å². The van der Waals surface area contributed by atoms with Crippen molar-refractivity contribution in [3.63, 3.8) is 0 Å². The average Bonchev–Trinajstić information content (AvgIpc) is 2.69. The van der Waals surface area contributed by atoms with Gasteiger partial charge in [0.15, 0.2) is 6.29 Å². The number of aldehydes is 1. The van der Waals surface area contributed by atoms with Crippen molar-refractivity contribution < 1.29 is 14.3 Å². The fourth-order valence-electron chi connectivity index (χ4n) is 1.49. The van der Waals surface area contributed by atoms with E-state index in [0.717, 1.165) is 11.0 Å². The number of hydrogen-bond donors (Lipinski definition) is 0. The van der Waals surface area contributed by atoms with Crippen LogP contribution in [0.4, 0.5) is 0 Å². The smallest absolute Gasteiger partial charge is 0.274 e. The largest absolute Gasteiger partial charge is 0.494 e. The van der Waals surface area contributed by atoms with E-state index < -0.39 is 0 Å². The lowest BCUT2D eigenvalue weighted by Gasteiger charge is -2.03. The van der Waals surface area contributed by atoms with Gasteiger partial charge in [-0.3, -0.25) is 4.79 Å². The molecule has 0 atom stereocenters. The number of rotatable bonds is 4. The molecule has 0 aliphatic heterocycles. The third-order valence-electron chi connectivity index (χ3n) is 2.20. The Morgan fingerprint density at radius 3 is 2.76 bits per heavy atom. The lowest BCUT2D eigenvalue weighted by molar-refractivity contribution is 0.112. The zero-order chi connectivity index (χ0) is 12.4. The average molecular weight is 251 g/mol. The molecule has 0 bridgehead atoms. The van der Waals surface area contributed by atoms with E-state index >= 15 is 0 Å². The van der Waals surface area contributed by atoms with E-state index in [1.165, 1.54) is 11.3 Å². The third-order valence-corrected chi connectivity index (χ3v) is 3.20. The van der Waals surface area contributed by atoms with Gasteiger partial charge in [0.1, 0.15) is 11.3 Å². The van der Waals surface area contributed by atoms with Crippen molar-refractivity contribution in [1.29, 1.82) is 0 Å². The number of thiazole rings is 1. The molecule has 0 radical (unpaired) electrons. The molecule has 0 aliphatic rings. The monoisotopic (exact) mass is 251 g/mol. The SMILES string of the molecule is COc1ccc(C=O)c2sc(OC(C)C)nc12. The highest BCUT2D eigenvalue weighted by atomic mass is 32.1. The Kier molecular flexibility index (Phi) is 3.28. The van der Waals surface area contributed by atoms with E-state index in [2.05, 4.69) is 4.98 Å². The zero-order valence-electron chi connectivity index (χ0n) is 9.89. The molecule has 1 aromatic carbocycles. The van der Waals surface area contributed by atoms with Crippen molar-refractivity contribution in [2.24, 2.45) is 0 Å². The van der Waals surface area contributed by atoms with Crippen LogP contribution in [0.2, 0.25) is 0 Å². The van der Waals surface area contributed by atoms with Gasteiger partial charge in [-0.1, -0.05) is 11.3 Å². The number of benzene rings is 1. The van der Waals surface area contributed by atoms with E-state index in [1.807, 2.05) is 13.8 Å². The Bertz CT molecular complexity index is 548. The van der Waals surface area contributed by atoms with Crippen LogP contribution in [-0.4, -0.2) is 24.5 Å². The van der Waals surface area contributed by atoms with Crippen LogP contribution in [-0.2, 0) is 0 Å². The molecule has 0 amide bonds. The molecular weight excluding hydrogens is 238 g/mol. The van der Waals surface area contributed by atoms with Crippen LogP contribution in [0.3, 0.4) is 0 Å². The third kappa shape index (κ3) is 2.24. The molecule has 2 rings (SSSR count). The number of ether oxygens (including phenoxy) is 2. The van der Waals surface area contributed by atoms with Crippen molar-refractivity contribution in [3.8, 4) is 10.9 Å². The first-order valence-corrected chi connectivity index (χ1v) is 6.06. The minimum absolute atomic E-state index is 0.0567. The summed E-state index contributed by atoms with van der Waals surface area (Å²) in [5.74, 6) is 0.653. The molecule has 2 aromatic rings. The molecule has 0 saturated carbocycles. The van der Waals surface area contributed by atoms with Gasteiger partial charge >= 0.3 is 0 Å². The summed E-state index contributed by atoms with van der Waals surface area (Å²) in [4.78, 5) is 15.3. The molecular formula is C12H13NO3S. The van der Waals surface area contributed by atoms with Crippen LogP contribution in [0.15, 0.2) is 12.1 Å². The first-order valence-electron chi connectivity index (χ1n) is 5.25. The molecule has 17 heavy (non-hydrogen) atoms. The molecule has 1 heterocycles. The second-order valence-corrected chi connectivity index (χ2v) is 4.76. The molecule has 1 aromatic heterocycles. The summed E-state index contributed by atoms with van der Waals surface area (Å²) in [6, 6.07) is 3.47. The minimum atomic E-state index is 0.0567. The van der Waals surface area contributed by atoms with Gasteiger partial charge in [0.2, 0.25) is 0 Å². The van der Waals surface area contributed by atoms with Crippen LogP contribution in [0.1, 0.15) is 24.2 Å². The second-order valence-electron chi connectivity index (χ2n) is 3.80. The quantitative estimate of drug-likeness (QED) is 0.784. The summed E-state index contributed by atoms with van der Waals surface area (Å²) < 4.78 is 11.6. The molecule has 0 aliphatic carbocycles. The summed E-state index contributed by atoms with van der Waals surface area (Å²) in [5, 5.41) is 0.558. The maximum atomic E-state index is 10.9. The molecule has 90 valence electrons. The number of methoxy groups -OCH3 is 1. The molecule has 5 heteroatoms. The van der Waals surface area contributed by atoms with Crippen LogP contribution < -0.4 is 9.47 Å². The van der Waals surface area contributed by atoms with Gasteiger partial charge in [0.05, 0.1) is 17.9 Å². The molecule has 0 spiro atoms. The maximum absolute atomic E-state index is 10.9. The predicted octanol–water partition coefficient (Wildman–Crippen LogP) is 2.90. The maximum Gasteiger partial charge on any atom is 0.274 e. The van der Waals surface area contributed by atoms with Gasteiger partial charge in [0, 0.05) is 5.56 Å². The Balaban J connectivity index is 2.59. The van der Waals surface area contributed by atoms with E-state index in [9.17, 15) is 4.79 Å². The van der Waals surface area contributed by atoms with Crippen molar-refractivity contribution in [2.75, 3.05) is 7.11 Å². The second kappa shape index (κ2) is 4.71. The van der Waals surface area contributed by atoms with Crippen molar-refractivity contribution >= 4 is 27.8 Å². The normalized spacial score (nSPS) is 10.8. The lowest BCUT2D eigenvalue weighted by atomic mass is 10.2. The van der Waals surface area contributed by atoms with E-state index in [0.29, 0.717) is 22.0 Å². The number of carbonyl (C=O) groups is 1. The minimum Gasteiger partial charge on any atom is -0.494 e. The summed E-state index contributed by atoms with van der Waals surface area (Å²) in [7, 11) is 1.58.